The lowest BCUT2D eigenvalue weighted by Crippen LogP contribution is -2.25. The minimum Gasteiger partial charge on any atom is -0.405 e. The highest BCUT2D eigenvalue weighted by molar-refractivity contribution is 5.33. The fourth-order valence-corrected chi connectivity index (χ4v) is 2.48. The maximum Gasteiger partial charge on any atom is 0.573 e. The number of alkyl halides is 3. The molecule has 0 bridgehead atoms. The average molecular weight is 288 g/mol. The molecule has 0 aromatic heterocycles. The monoisotopic (exact) mass is 288 g/mol. The van der Waals surface area contributed by atoms with Crippen molar-refractivity contribution in [2.24, 2.45) is 5.92 Å². The van der Waals surface area contributed by atoms with Crippen LogP contribution in [-0.2, 0) is 6.54 Å². The molecular formula is C14H19F3N2O. The second-order valence-electron chi connectivity index (χ2n) is 5.20. The summed E-state index contributed by atoms with van der Waals surface area (Å²) >= 11 is 0. The summed E-state index contributed by atoms with van der Waals surface area (Å²) in [5.74, 6) is 0.437. The normalized spacial score (nSPS) is 20.3. The molecule has 6 heteroatoms. The molecule has 0 saturated carbocycles. The van der Waals surface area contributed by atoms with Crippen LogP contribution in [0.1, 0.15) is 12.0 Å². The Morgan fingerprint density at radius 3 is 2.75 bits per heavy atom. The van der Waals surface area contributed by atoms with Gasteiger partial charge in [-0.3, -0.25) is 0 Å². The zero-order chi connectivity index (χ0) is 14.6. The molecule has 1 aliphatic heterocycles. The maximum absolute atomic E-state index is 12.3. The standard InChI is InChI=1S/C14H19F3N2O/c1-19-7-6-11(10-19)8-18-9-12-4-2-3-5-13(12)20-14(15,16)17/h2-5,11,18H,6-10H2,1H3. The van der Waals surface area contributed by atoms with E-state index in [0.29, 0.717) is 18.0 Å². The van der Waals surface area contributed by atoms with Gasteiger partial charge in [0.1, 0.15) is 5.75 Å². The average Bonchev–Trinajstić information content (AvgIpc) is 2.75. The molecule has 112 valence electrons. The van der Waals surface area contributed by atoms with Crippen molar-refractivity contribution in [3.05, 3.63) is 29.8 Å². The van der Waals surface area contributed by atoms with Crippen molar-refractivity contribution >= 4 is 0 Å². The van der Waals surface area contributed by atoms with Gasteiger partial charge in [-0.05, 0) is 38.5 Å². The molecule has 2 rings (SSSR count). The maximum atomic E-state index is 12.3. The highest BCUT2D eigenvalue weighted by atomic mass is 19.4. The zero-order valence-electron chi connectivity index (χ0n) is 11.4. The largest absolute Gasteiger partial charge is 0.573 e. The Labute approximate surface area is 116 Å². The lowest BCUT2D eigenvalue weighted by atomic mass is 10.1. The number of halogens is 3. The summed E-state index contributed by atoms with van der Waals surface area (Å²) in [7, 11) is 2.08. The predicted molar refractivity (Wildman–Crippen MR) is 70.4 cm³/mol. The number of para-hydroxylation sites is 1. The van der Waals surface area contributed by atoms with Crippen molar-refractivity contribution < 1.29 is 17.9 Å². The topological polar surface area (TPSA) is 24.5 Å². The molecule has 1 heterocycles. The lowest BCUT2D eigenvalue weighted by molar-refractivity contribution is -0.274. The summed E-state index contributed by atoms with van der Waals surface area (Å²) in [5, 5.41) is 3.22. The van der Waals surface area contributed by atoms with Gasteiger partial charge in [0.15, 0.2) is 0 Å². The van der Waals surface area contributed by atoms with Crippen LogP contribution in [0.4, 0.5) is 13.2 Å². The lowest BCUT2D eigenvalue weighted by Gasteiger charge is -2.15. The second-order valence-corrected chi connectivity index (χ2v) is 5.20. The summed E-state index contributed by atoms with van der Waals surface area (Å²) in [6.45, 7) is 3.31. The molecule has 20 heavy (non-hydrogen) atoms. The van der Waals surface area contributed by atoms with Gasteiger partial charge in [0.2, 0.25) is 0 Å². The Kier molecular flexibility index (Phi) is 4.88. The Hall–Kier alpha value is -1.27. The third-order valence-electron chi connectivity index (χ3n) is 3.44. The highest BCUT2D eigenvalue weighted by Crippen LogP contribution is 2.26. The molecule has 0 spiro atoms. The first-order valence-corrected chi connectivity index (χ1v) is 6.67. The summed E-state index contributed by atoms with van der Waals surface area (Å²) in [6.07, 6.45) is -3.52. The van der Waals surface area contributed by atoms with Gasteiger partial charge in [-0.15, -0.1) is 13.2 Å². The van der Waals surface area contributed by atoms with Crippen LogP contribution in [0.15, 0.2) is 24.3 Å². The van der Waals surface area contributed by atoms with E-state index in [-0.39, 0.29) is 5.75 Å². The van der Waals surface area contributed by atoms with Gasteiger partial charge in [-0.25, -0.2) is 0 Å². The first-order valence-electron chi connectivity index (χ1n) is 6.67. The van der Waals surface area contributed by atoms with Crippen LogP contribution >= 0.6 is 0 Å². The third-order valence-corrected chi connectivity index (χ3v) is 3.44. The van der Waals surface area contributed by atoms with Crippen LogP contribution in [0.5, 0.6) is 5.75 Å². The van der Waals surface area contributed by atoms with Crippen molar-refractivity contribution in [2.45, 2.75) is 19.3 Å². The number of hydrogen-bond acceptors (Lipinski definition) is 3. The van der Waals surface area contributed by atoms with E-state index >= 15 is 0 Å². The van der Waals surface area contributed by atoms with E-state index in [1.807, 2.05) is 0 Å². The van der Waals surface area contributed by atoms with Crippen molar-refractivity contribution in [1.82, 2.24) is 10.2 Å². The van der Waals surface area contributed by atoms with Crippen molar-refractivity contribution in [2.75, 3.05) is 26.7 Å². The Balaban J connectivity index is 1.86. The molecule has 1 saturated heterocycles. The first kappa shape index (κ1) is 15.1. The molecule has 1 fully saturated rings. The highest BCUT2D eigenvalue weighted by Gasteiger charge is 2.31. The number of benzene rings is 1. The Morgan fingerprint density at radius 1 is 1.35 bits per heavy atom. The van der Waals surface area contributed by atoms with E-state index in [4.69, 9.17) is 0 Å². The Bertz CT molecular complexity index is 437. The number of nitrogens with zero attached hydrogens (tertiary/aromatic N) is 1. The SMILES string of the molecule is CN1CCC(CNCc2ccccc2OC(F)(F)F)C1. The number of hydrogen-bond donors (Lipinski definition) is 1. The Morgan fingerprint density at radius 2 is 2.10 bits per heavy atom. The molecule has 1 aromatic rings. The molecule has 0 radical (unpaired) electrons. The quantitative estimate of drug-likeness (QED) is 0.901. The van der Waals surface area contributed by atoms with E-state index in [9.17, 15) is 13.2 Å². The number of likely N-dealkylation sites (tertiary alicyclic amines) is 1. The minimum atomic E-state index is -4.65. The number of rotatable bonds is 5. The zero-order valence-corrected chi connectivity index (χ0v) is 11.4. The van der Waals surface area contributed by atoms with E-state index in [1.165, 1.54) is 12.1 Å². The molecule has 1 atom stereocenters. The van der Waals surface area contributed by atoms with Gasteiger partial charge in [0.05, 0.1) is 0 Å². The van der Waals surface area contributed by atoms with Gasteiger partial charge in [0.25, 0.3) is 0 Å². The van der Waals surface area contributed by atoms with Crippen molar-refractivity contribution in [3.63, 3.8) is 0 Å². The predicted octanol–water partition coefficient (Wildman–Crippen LogP) is 2.63. The molecule has 3 nitrogen and oxygen atoms in total. The first-order chi connectivity index (χ1) is 9.44. The van der Waals surface area contributed by atoms with Gasteiger partial charge < -0.3 is 15.0 Å². The van der Waals surface area contributed by atoms with Crippen LogP contribution in [0, 0.1) is 5.92 Å². The summed E-state index contributed by atoms with van der Waals surface area (Å²) in [6, 6.07) is 6.24. The van der Waals surface area contributed by atoms with Crippen LogP contribution in [0.3, 0.4) is 0 Å². The van der Waals surface area contributed by atoms with E-state index in [0.717, 1.165) is 26.1 Å². The fourth-order valence-electron chi connectivity index (χ4n) is 2.48. The van der Waals surface area contributed by atoms with Crippen LogP contribution in [0.25, 0.3) is 0 Å². The van der Waals surface area contributed by atoms with Crippen molar-refractivity contribution in [1.29, 1.82) is 0 Å². The molecule has 1 aliphatic rings. The van der Waals surface area contributed by atoms with Crippen LogP contribution < -0.4 is 10.1 Å². The summed E-state index contributed by atoms with van der Waals surface area (Å²) < 4.78 is 40.9. The van der Waals surface area contributed by atoms with Crippen LogP contribution in [-0.4, -0.2) is 37.9 Å². The molecular weight excluding hydrogens is 269 g/mol. The minimum absolute atomic E-state index is 0.129. The second kappa shape index (κ2) is 6.45. The number of nitrogens with one attached hydrogen (secondary N) is 1. The summed E-state index contributed by atoms with van der Waals surface area (Å²) in [5.41, 5.74) is 0.524. The fraction of sp³-hybridized carbons (Fsp3) is 0.571. The molecule has 1 unspecified atom stereocenters. The van der Waals surface area contributed by atoms with Gasteiger partial charge >= 0.3 is 6.36 Å². The van der Waals surface area contributed by atoms with Gasteiger partial charge in [0, 0.05) is 18.7 Å². The van der Waals surface area contributed by atoms with Gasteiger partial charge in [-0.1, -0.05) is 18.2 Å². The number of ether oxygens (including phenoxy) is 1. The smallest absolute Gasteiger partial charge is 0.405 e. The molecule has 1 aromatic carbocycles. The van der Waals surface area contributed by atoms with E-state index in [2.05, 4.69) is 22.0 Å². The van der Waals surface area contributed by atoms with Gasteiger partial charge in [-0.2, -0.15) is 0 Å². The van der Waals surface area contributed by atoms with Crippen LogP contribution in [0.2, 0.25) is 0 Å². The van der Waals surface area contributed by atoms with E-state index in [1.54, 1.807) is 12.1 Å². The molecule has 1 N–H and O–H groups in total. The molecule has 0 amide bonds. The molecule has 0 aliphatic carbocycles. The third kappa shape index (κ3) is 4.68. The van der Waals surface area contributed by atoms with Crippen molar-refractivity contribution in [3.8, 4) is 5.75 Å². The summed E-state index contributed by atoms with van der Waals surface area (Å²) in [4.78, 5) is 2.26. The van der Waals surface area contributed by atoms with E-state index < -0.39 is 6.36 Å².